The second-order valence-corrected chi connectivity index (χ2v) is 5.46. The average Bonchev–Trinajstić information content (AvgIpc) is 2.98. The SMILES string of the molecule is Cc1ccccc1C(=O)N1CC[C@@H](c2ccccc2)C1. The third-order valence-corrected chi connectivity index (χ3v) is 4.12. The molecule has 1 amide bonds. The summed E-state index contributed by atoms with van der Waals surface area (Å²) in [5, 5.41) is 0. The highest BCUT2D eigenvalue weighted by molar-refractivity contribution is 5.95. The fraction of sp³-hybridized carbons (Fsp3) is 0.278. The first-order chi connectivity index (χ1) is 9.75. The first kappa shape index (κ1) is 12.9. The minimum Gasteiger partial charge on any atom is -0.338 e. The van der Waals surface area contributed by atoms with Crippen molar-refractivity contribution in [2.45, 2.75) is 19.3 Å². The quantitative estimate of drug-likeness (QED) is 0.812. The highest BCUT2D eigenvalue weighted by Crippen LogP contribution is 2.28. The molecule has 1 aliphatic heterocycles. The van der Waals surface area contributed by atoms with Crippen molar-refractivity contribution in [2.75, 3.05) is 13.1 Å². The number of aryl methyl sites for hydroxylation is 1. The molecule has 0 unspecified atom stereocenters. The van der Waals surface area contributed by atoms with E-state index < -0.39 is 0 Å². The zero-order chi connectivity index (χ0) is 13.9. The molecule has 0 aromatic heterocycles. The van der Waals surface area contributed by atoms with E-state index >= 15 is 0 Å². The largest absolute Gasteiger partial charge is 0.338 e. The lowest BCUT2D eigenvalue weighted by Crippen LogP contribution is -2.29. The summed E-state index contributed by atoms with van der Waals surface area (Å²) in [6.45, 7) is 3.68. The van der Waals surface area contributed by atoms with Crippen LogP contribution in [0, 0.1) is 6.92 Å². The Kier molecular flexibility index (Phi) is 3.55. The Labute approximate surface area is 120 Å². The number of nitrogens with zero attached hydrogens (tertiary/aromatic N) is 1. The molecule has 3 rings (SSSR count). The fourth-order valence-electron chi connectivity index (χ4n) is 2.93. The summed E-state index contributed by atoms with van der Waals surface area (Å²) in [6.07, 6.45) is 1.06. The number of rotatable bonds is 2. The van der Waals surface area contributed by atoms with Gasteiger partial charge in [0.15, 0.2) is 0 Å². The van der Waals surface area contributed by atoms with Gasteiger partial charge in [0.2, 0.25) is 0 Å². The van der Waals surface area contributed by atoms with Gasteiger partial charge in [-0.25, -0.2) is 0 Å². The minimum atomic E-state index is 0.168. The molecule has 0 radical (unpaired) electrons. The highest BCUT2D eigenvalue weighted by Gasteiger charge is 2.28. The average molecular weight is 265 g/mol. The lowest BCUT2D eigenvalue weighted by molar-refractivity contribution is 0.0790. The maximum absolute atomic E-state index is 12.6. The van der Waals surface area contributed by atoms with Crippen molar-refractivity contribution in [1.29, 1.82) is 0 Å². The lowest BCUT2D eigenvalue weighted by Gasteiger charge is -2.18. The van der Waals surface area contributed by atoms with Gasteiger partial charge in [-0.05, 0) is 30.5 Å². The maximum atomic E-state index is 12.6. The second-order valence-electron chi connectivity index (χ2n) is 5.46. The number of hydrogen-bond acceptors (Lipinski definition) is 1. The molecular formula is C18H19NO. The van der Waals surface area contributed by atoms with Crippen LogP contribution in [0.15, 0.2) is 54.6 Å². The third-order valence-electron chi connectivity index (χ3n) is 4.12. The van der Waals surface area contributed by atoms with E-state index in [0.29, 0.717) is 5.92 Å². The third kappa shape index (κ3) is 2.46. The predicted molar refractivity (Wildman–Crippen MR) is 80.9 cm³/mol. The minimum absolute atomic E-state index is 0.168. The van der Waals surface area contributed by atoms with E-state index in [0.717, 1.165) is 30.6 Å². The van der Waals surface area contributed by atoms with Crippen molar-refractivity contribution in [2.24, 2.45) is 0 Å². The van der Waals surface area contributed by atoms with Gasteiger partial charge in [-0.3, -0.25) is 4.79 Å². The van der Waals surface area contributed by atoms with Crippen LogP contribution in [-0.2, 0) is 0 Å². The van der Waals surface area contributed by atoms with Crippen LogP contribution in [0.4, 0.5) is 0 Å². The van der Waals surface area contributed by atoms with E-state index in [-0.39, 0.29) is 5.91 Å². The van der Waals surface area contributed by atoms with E-state index in [4.69, 9.17) is 0 Å². The molecule has 102 valence electrons. The predicted octanol–water partition coefficient (Wildman–Crippen LogP) is 3.62. The molecule has 0 spiro atoms. The Morgan fingerprint density at radius 3 is 2.50 bits per heavy atom. The van der Waals surface area contributed by atoms with Gasteiger partial charge in [-0.2, -0.15) is 0 Å². The summed E-state index contributed by atoms with van der Waals surface area (Å²) in [4.78, 5) is 14.6. The first-order valence-corrected chi connectivity index (χ1v) is 7.15. The van der Waals surface area contributed by atoms with E-state index in [2.05, 4.69) is 24.3 Å². The van der Waals surface area contributed by atoms with Crippen LogP contribution in [0.25, 0.3) is 0 Å². The van der Waals surface area contributed by atoms with E-state index in [9.17, 15) is 4.79 Å². The van der Waals surface area contributed by atoms with E-state index in [1.165, 1.54) is 5.56 Å². The number of carbonyl (C=O) groups excluding carboxylic acids is 1. The van der Waals surface area contributed by atoms with Crippen molar-refractivity contribution >= 4 is 5.91 Å². The van der Waals surface area contributed by atoms with Gasteiger partial charge in [-0.1, -0.05) is 48.5 Å². The Morgan fingerprint density at radius 2 is 1.75 bits per heavy atom. The molecule has 0 saturated carbocycles. The summed E-state index contributed by atoms with van der Waals surface area (Å²) in [5.74, 6) is 0.644. The van der Waals surface area contributed by atoms with Gasteiger partial charge in [0.1, 0.15) is 0 Å². The van der Waals surface area contributed by atoms with Crippen LogP contribution in [0.2, 0.25) is 0 Å². The molecule has 1 atom stereocenters. The van der Waals surface area contributed by atoms with Crippen LogP contribution in [0.1, 0.15) is 33.8 Å². The molecule has 0 aliphatic carbocycles. The van der Waals surface area contributed by atoms with Crippen molar-refractivity contribution in [3.8, 4) is 0 Å². The molecule has 2 aromatic rings. The molecule has 0 bridgehead atoms. The Bertz CT molecular complexity index is 606. The summed E-state index contributed by atoms with van der Waals surface area (Å²) in [6, 6.07) is 18.3. The summed E-state index contributed by atoms with van der Waals surface area (Å²) in [5.41, 5.74) is 3.23. The zero-order valence-electron chi connectivity index (χ0n) is 11.8. The van der Waals surface area contributed by atoms with Crippen LogP contribution in [0.5, 0.6) is 0 Å². The Balaban J connectivity index is 1.75. The lowest BCUT2D eigenvalue weighted by atomic mass is 9.99. The second kappa shape index (κ2) is 5.49. The first-order valence-electron chi connectivity index (χ1n) is 7.15. The molecule has 2 nitrogen and oxygen atoms in total. The molecule has 1 aliphatic rings. The Morgan fingerprint density at radius 1 is 1.05 bits per heavy atom. The molecule has 2 heteroatoms. The van der Waals surface area contributed by atoms with Gasteiger partial charge < -0.3 is 4.90 Å². The Hall–Kier alpha value is -2.09. The van der Waals surface area contributed by atoms with E-state index in [1.54, 1.807) is 0 Å². The van der Waals surface area contributed by atoms with Crippen LogP contribution >= 0.6 is 0 Å². The maximum Gasteiger partial charge on any atom is 0.254 e. The molecule has 20 heavy (non-hydrogen) atoms. The summed E-state index contributed by atoms with van der Waals surface area (Å²) >= 11 is 0. The smallest absolute Gasteiger partial charge is 0.254 e. The molecule has 1 fully saturated rings. The topological polar surface area (TPSA) is 20.3 Å². The summed E-state index contributed by atoms with van der Waals surface area (Å²) < 4.78 is 0. The van der Waals surface area contributed by atoms with Gasteiger partial charge >= 0.3 is 0 Å². The number of carbonyl (C=O) groups is 1. The van der Waals surface area contributed by atoms with Crippen LogP contribution < -0.4 is 0 Å². The van der Waals surface area contributed by atoms with Gasteiger partial charge in [-0.15, -0.1) is 0 Å². The van der Waals surface area contributed by atoms with Crippen LogP contribution in [-0.4, -0.2) is 23.9 Å². The van der Waals surface area contributed by atoms with Crippen molar-refractivity contribution in [3.05, 3.63) is 71.3 Å². The number of hydrogen-bond donors (Lipinski definition) is 0. The van der Waals surface area contributed by atoms with Gasteiger partial charge in [0.05, 0.1) is 0 Å². The van der Waals surface area contributed by atoms with Crippen molar-refractivity contribution in [1.82, 2.24) is 4.90 Å². The molecular weight excluding hydrogens is 246 g/mol. The molecule has 2 aromatic carbocycles. The molecule has 1 saturated heterocycles. The van der Waals surface area contributed by atoms with E-state index in [1.807, 2.05) is 42.2 Å². The van der Waals surface area contributed by atoms with Gasteiger partial charge in [0.25, 0.3) is 5.91 Å². The van der Waals surface area contributed by atoms with Crippen molar-refractivity contribution in [3.63, 3.8) is 0 Å². The fourth-order valence-corrected chi connectivity index (χ4v) is 2.93. The monoisotopic (exact) mass is 265 g/mol. The number of likely N-dealkylation sites (tertiary alicyclic amines) is 1. The number of benzene rings is 2. The highest BCUT2D eigenvalue weighted by atomic mass is 16.2. The number of amides is 1. The standard InChI is InChI=1S/C18H19NO/c1-14-7-5-6-10-17(14)18(20)19-12-11-16(13-19)15-8-3-2-4-9-15/h2-10,16H,11-13H2,1H3/t16-/m1/s1. The van der Waals surface area contributed by atoms with Crippen LogP contribution in [0.3, 0.4) is 0 Å². The normalized spacial score (nSPS) is 18.2. The van der Waals surface area contributed by atoms with Crippen molar-refractivity contribution < 1.29 is 4.79 Å². The summed E-state index contributed by atoms with van der Waals surface area (Å²) in [7, 11) is 0. The molecule has 1 heterocycles. The molecule has 0 N–H and O–H groups in total. The zero-order valence-corrected chi connectivity index (χ0v) is 11.8. The van der Waals surface area contributed by atoms with Gasteiger partial charge in [0, 0.05) is 24.6 Å².